The van der Waals surface area contributed by atoms with E-state index in [4.69, 9.17) is 26.5 Å². The largest absolute Gasteiger partial charge is 0.497 e. The van der Waals surface area contributed by atoms with Crippen molar-refractivity contribution in [3.05, 3.63) is 107 Å². The molecule has 0 bridgehead atoms. The van der Waals surface area contributed by atoms with Crippen molar-refractivity contribution in [2.24, 2.45) is 0 Å². The zero-order valence-corrected chi connectivity index (χ0v) is 21.6. The van der Waals surface area contributed by atoms with Crippen molar-refractivity contribution in [1.29, 1.82) is 0 Å². The molecule has 1 aliphatic heterocycles. The van der Waals surface area contributed by atoms with Crippen LogP contribution in [0.1, 0.15) is 41.1 Å². The van der Waals surface area contributed by atoms with E-state index in [1.54, 1.807) is 7.11 Å². The van der Waals surface area contributed by atoms with Gasteiger partial charge in [0.1, 0.15) is 5.75 Å². The first kappa shape index (κ1) is 23.8. The van der Waals surface area contributed by atoms with Crippen molar-refractivity contribution in [3.8, 4) is 17.1 Å². The molecule has 0 aliphatic carbocycles. The van der Waals surface area contributed by atoms with E-state index in [1.165, 1.54) is 5.56 Å². The van der Waals surface area contributed by atoms with Crippen LogP contribution in [-0.4, -0.2) is 27.3 Å². The average molecular weight is 497 g/mol. The number of thiocarbonyl (C=S) groups is 1. The Morgan fingerprint density at radius 2 is 1.75 bits per heavy atom. The standard InChI is InChI=1S/C29H28N4O2S/c1-18-11-13-22(14-12-18)26-25(28-31-27(32-35-28)23-9-5-7-19(2)15-23)20(3)33(29(36)30-26)17-21-8-6-10-24(16-21)34-4/h5-16,26H,17H2,1-4H3,(H,30,36). The summed E-state index contributed by atoms with van der Waals surface area (Å²) >= 11 is 5.85. The maximum absolute atomic E-state index is 5.87. The van der Waals surface area contributed by atoms with Crippen molar-refractivity contribution in [2.45, 2.75) is 33.4 Å². The van der Waals surface area contributed by atoms with Gasteiger partial charge in [0.15, 0.2) is 5.11 Å². The molecule has 4 aromatic rings. The summed E-state index contributed by atoms with van der Waals surface area (Å²) in [4.78, 5) is 6.89. The van der Waals surface area contributed by atoms with Gasteiger partial charge in [-0.25, -0.2) is 0 Å². The van der Waals surface area contributed by atoms with E-state index >= 15 is 0 Å². The molecular formula is C29H28N4O2S. The topological polar surface area (TPSA) is 63.4 Å². The van der Waals surface area contributed by atoms with Gasteiger partial charge >= 0.3 is 0 Å². The van der Waals surface area contributed by atoms with Crippen LogP contribution in [0.5, 0.6) is 5.75 Å². The summed E-state index contributed by atoms with van der Waals surface area (Å²) in [5.74, 6) is 1.84. The molecule has 1 atom stereocenters. The predicted octanol–water partition coefficient (Wildman–Crippen LogP) is 6.22. The van der Waals surface area contributed by atoms with Crippen LogP contribution < -0.4 is 10.1 Å². The number of ether oxygens (including phenoxy) is 1. The number of aryl methyl sites for hydroxylation is 2. The lowest BCUT2D eigenvalue weighted by molar-refractivity contribution is 0.395. The number of rotatable bonds is 6. The van der Waals surface area contributed by atoms with E-state index in [9.17, 15) is 0 Å². The lowest BCUT2D eigenvalue weighted by atomic mass is 9.94. The van der Waals surface area contributed by atoms with Crippen molar-refractivity contribution in [1.82, 2.24) is 20.4 Å². The van der Waals surface area contributed by atoms with Crippen LogP contribution in [0.3, 0.4) is 0 Å². The van der Waals surface area contributed by atoms with Crippen LogP contribution in [0.15, 0.2) is 83.0 Å². The smallest absolute Gasteiger partial charge is 0.258 e. The lowest BCUT2D eigenvalue weighted by Crippen LogP contribution is -2.45. The summed E-state index contributed by atoms with van der Waals surface area (Å²) < 4.78 is 11.3. The molecule has 2 heterocycles. The monoisotopic (exact) mass is 496 g/mol. The molecule has 1 aromatic heterocycles. The van der Waals surface area contributed by atoms with Gasteiger partial charge in [-0.3, -0.25) is 0 Å². The van der Waals surface area contributed by atoms with Crippen LogP contribution in [0, 0.1) is 13.8 Å². The SMILES string of the molecule is COc1cccc(CN2C(=S)NC(c3ccc(C)cc3)C(c3nc(-c4cccc(C)c4)no3)=C2C)c1. The molecule has 0 amide bonds. The number of benzene rings is 3. The molecule has 1 unspecified atom stereocenters. The van der Waals surface area contributed by atoms with Gasteiger partial charge in [-0.15, -0.1) is 0 Å². The zero-order valence-electron chi connectivity index (χ0n) is 20.8. The van der Waals surface area contributed by atoms with E-state index in [2.05, 4.69) is 65.6 Å². The number of nitrogens with one attached hydrogen (secondary N) is 1. The molecule has 36 heavy (non-hydrogen) atoms. The van der Waals surface area contributed by atoms with Crippen LogP contribution in [0.2, 0.25) is 0 Å². The van der Waals surface area contributed by atoms with Gasteiger partial charge in [0.2, 0.25) is 5.82 Å². The second-order valence-electron chi connectivity index (χ2n) is 9.02. The van der Waals surface area contributed by atoms with Gasteiger partial charge in [-0.05, 0) is 62.3 Å². The van der Waals surface area contributed by atoms with Gasteiger partial charge in [-0.1, -0.05) is 70.9 Å². The molecule has 0 saturated heterocycles. The minimum atomic E-state index is -0.217. The lowest BCUT2D eigenvalue weighted by Gasteiger charge is -2.37. The average Bonchev–Trinajstić information content (AvgIpc) is 3.37. The quantitative estimate of drug-likeness (QED) is 0.318. The van der Waals surface area contributed by atoms with E-state index in [1.807, 2.05) is 43.3 Å². The maximum atomic E-state index is 5.87. The molecule has 7 heteroatoms. The fourth-order valence-corrected chi connectivity index (χ4v) is 4.76. The summed E-state index contributed by atoms with van der Waals surface area (Å²) in [7, 11) is 1.67. The molecule has 6 nitrogen and oxygen atoms in total. The Morgan fingerprint density at radius 1 is 0.972 bits per heavy atom. The molecule has 0 fully saturated rings. The molecular weight excluding hydrogens is 468 g/mol. The third kappa shape index (κ3) is 4.75. The Labute approximate surface area is 216 Å². The highest BCUT2D eigenvalue weighted by Crippen LogP contribution is 2.38. The van der Waals surface area contributed by atoms with Crippen LogP contribution in [-0.2, 0) is 6.54 Å². The van der Waals surface area contributed by atoms with Crippen molar-refractivity contribution in [2.75, 3.05) is 7.11 Å². The Morgan fingerprint density at radius 3 is 2.50 bits per heavy atom. The molecule has 1 aliphatic rings. The number of aromatic nitrogens is 2. The van der Waals surface area contributed by atoms with Gasteiger partial charge in [-0.2, -0.15) is 4.98 Å². The molecule has 0 saturated carbocycles. The fourth-order valence-electron chi connectivity index (χ4n) is 4.45. The summed E-state index contributed by atoms with van der Waals surface area (Å²) in [5, 5.41) is 8.48. The number of hydrogen-bond donors (Lipinski definition) is 1. The van der Waals surface area contributed by atoms with Gasteiger partial charge in [0, 0.05) is 11.3 Å². The van der Waals surface area contributed by atoms with Crippen LogP contribution in [0.25, 0.3) is 17.0 Å². The Balaban J connectivity index is 1.59. The molecule has 1 N–H and O–H groups in total. The van der Waals surface area contributed by atoms with Crippen LogP contribution >= 0.6 is 12.2 Å². The fraction of sp³-hybridized carbons (Fsp3) is 0.207. The number of hydrogen-bond acceptors (Lipinski definition) is 5. The summed E-state index contributed by atoms with van der Waals surface area (Å²) in [6.45, 7) is 6.76. The Bertz CT molecular complexity index is 1440. The third-order valence-electron chi connectivity index (χ3n) is 6.41. The zero-order chi connectivity index (χ0) is 25.2. The molecule has 3 aromatic carbocycles. The second-order valence-corrected chi connectivity index (χ2v) is 9.41. The van der Waals surface area contributed by atoms with Gasteiger partial charge < -0.3 is 19.5 Å². The van der Waals surface area contributed by atoms with E-state index < -0.39 is 0 Å². The highest BCUT2D eigenvalue weighted by Gasteiger charge is 2.34. The van der Waals surface area contributed by atoms with Crippen molar-refractivity contribution < 1.29 is 9.26 Å². The second kappa shape index (κ2) is 9.95. The minimum Gasteiger partial charge on any atom is -0.497 e. The summed E-state index contributed by atoms with van der Waals surface area (Å²) in [5.41, 5.74) is 7.28. The first-order chi connectivity index (χ1) is 17.4. The number of allylic oxidation sites excluding steroid dienone is 1. The number of methoxy groups -OCH3 is 1. The molecule has 0 spiro atoms. The van der Waals surface area contributed by atoms with E-state index in [0.717, 1.165) is 39.3 Å². The highest BCUT2D eigenvalue weighted by atomic mass is 32.1. The molecule has 182 valence electrons. The van der Waals surface area contributed by atoms with Gasteiger partial charge in [0.05, 0.1) is 25.3 Å². The van der Waals surface area contributed by atoms with Crippen molar-refractivity contribution in [3.63, 3.8) is 0 Å². The number of nitrogens with zero attached hydrogens (tertiary/aromatic N) is 3. The first-order valence-electron chi connectivity index (χ1n) is 11.8. The minimum absolute atomic E-state index is 0.217. The Hall–Kier alpha value is -3.97. The molecule has 5 rings (SSSR count). The third-order valence-corrected chi connectivity index (χ3v) is 6.75. The first-order valence-corrected chi connectivity index (χ1v) is 12.2. The predicted molar refractivity (Wildman–Crippen MR) is 145 cm³/mol. The summed E-state index contributed by atoms with van der Waals surface area (Å²) in [6, 6.07) is 24.3. The maximum Gasteiger partial charge on any atom is 0.258 e. The molecule has 0 radical (unpaired) electrons. The van der Waals surface area contributed by atoms with E-state index in [0.29, 0.717) is 23.4 Å². The summed E-state index contributed by atoms with van der Waals surface area (Å²) in [6.07, 6.45) is 0. The van der Waals surface area contributed by atoms with Gasteiger partial charge in [0.25, 0.3) is 5.89 Å². The van der Waals surface area contributed by atoms with E-state index in [-0.39, 0.29) is 6.04 Å². The normalized spacial score (nSPS) is 15.7. The highest BCUT2D eigenvalue weighted by molar-refractivity contribution is 7.80. The van der Waals surface area contributed by atoms with Crippen LogP contribution in [0.4, 0.5) is 0 Å². The Kier molecular flexibility index (Phi) is 6.57. The van der Waals surface area contributed by atoms with Crippen molar-refractivity contribution >= 4 is 22.9 Å².